The fraction of sp³-hybridized carbons (Fsp3) is 0.739. The molecule has 0 amide bonds. The summed E-state index contributed by atoms with van der Waals surface area (Å²) in [6, 6.07) is 0. The van der Waals surface area contributed by atoms with Gasteiger partial charge in [-0.1, -0.05) is 38.5 Å². The standard InChI is InChI=1S/C18H28O2.C5H10O4/c1-6-14-12(2)10-11-13-8-7-9-15(16(13)14)20-17(19)18(3,4)5;6-2-1-4(7)3-5(8)9/h8,10-12,14-16H,6-7,9H2,1-5H3;4,6-7H,1-3H2,(H,8,9). The average Bonchev–Trinajstić information content (AvgIpc) is 2.61. The van der Waals surface area contributed by atoms with E-state index < -0.39 is 17.5 Å². The van der Waals surface area contributed by atoms with Gasteiger partial charge in [-0.15, -0.1) is 0 Å². The van der Waals surface area contributed by atoms with E-state index in [9.17, 15) is 9.59 Å². The SMILES string of the molecule is CCC1C(C)C=CC2=CCCC(OC(=O)C(C)(C)C)C21.O=C(O)CC(O)CCO. The lowest BCUT2D eigenvalue weighted by molar-refractivity contribution is -0.162. The summed E-state index contributed by atoms with van der Waals surface area (Å²) in [7, 11) is 0. The number of esters is 1. The Bertz CT molecular complexity index is 601. The van der Waals surface area contributed by atoms with E-state index in [1.165, 1.54) is 5.57 Å². The van der Waals surface area contributed by atoms with Gasteiger partial charge in [0, 0.05) is 12.5 Å². The molecule has 5 unspecified atom stereocenters. The van der Waals surface area contributed by atoms with Crippen molar-refractivity contribution in [3.63, 3.8) is 0 Å². The van der Waals surface area contributed by atoms with Crippen LogP contribution in [0.4, 0.5) is 0 Å². The first kappa shape index (κ1) is 25.4. The summed E-state index contributed by atoms with van der Waals surface area (Å²) in [5.41, 5.74) is 0.965. The van der Waals surface area contributed by atoms with Gasteiger partial charge >= 0.3 is 11.9 Å². The minimum Gasteiger partial charge on any atom is -0.481 e. The van der Waals surface area contributed by atoms with Crippen LogP contribution in [0.15, 0.2) is 23.8 Å². The molecule has 0 aromatic rings. The molecule has 6 heteroatoms. The quantitative estimate of drug-likeness (QED) is 0.577. The maximum atomic E-state index is 12.2. The molecule has 0 radical (unpaired) electrons. The lowest BCUT2D eigenvalue weighted by Gasteiger charge is -2.41. The molecule has 0 spiro atoms. The third-order valence-electron chi connectivity index (χ3n) is 5.56. The van der Waals surface area contributed by atoms with Gasteiger partial charge in [0.2, 0.25) is 0 Å². The van der Waals surface area contributed by atoms with Crippen molar-refractivity contribution in [2.75, 3.05) is 6.61 Å². The van der Waals surface area contributed by atoms with Crippen LogP contribution in [0.5, 0.6) is 0 Å². The number of carboxylic acid groups (broad SMARTS) is 1. The van der Waals surface area contributed by atoms with Crippen LogP contribution in [-0.4, -0.2) is 46.1 Å². The number of rotatable bonds is 6. The van der Waals surface area contributed by atoms with Gasteiger partial charge in [-0.2, -0.15) is 0 Å². The van der Waals surface area contributed by atoms with Gasteiger partial charge in [-0.05, 0) is 57.4 Å². The normalized spacial score (nSPS) is 27.1. The van der Waals surface area contributed by atoms with E-state index in [0.29, 0.717) is 17.8 Å². The number of hydrogen-bond acceptors (Lipinski definition) is 5. The van der Waals surface area contributed by atoms with Gasteiger partial charge in [-0.3, -0.25) is 9.59 Å². The lowest BCUT2D eigenvalue weighted by Crippen LogP contribution is -2.40. The first-order valence-corrected chi connectivity index (χ1v) is 10.6. The molecule has 0 aromatic heterocycles. The van der Waals surface area contributed by atoms with Crippen LogP contribution in [0.1, 0.15) is 66.7 Å². The Balaban J connectivity index is 0.000000396. The van der Waals surface area contributed by atoms with Crippen LogP contribution in [0.25, 0.3) is 0 Å². The van der Waals surface area contributed by atoms with Crippen LogP contribution in [0.3, 0.4) is 0 Å². The summed E-state index contributed by atoms with van der Waals surface area (Å²) in [4.78, 5) is 22.1. The highest BCUT2D eigenvalue weighted by atomic mass is 16.5. The summed E-state index contributed by atoms with van der Waals surface area (Å²) in [5.74, 6) is 0.428. The lowest BCUT2D eigenvalue weighted by atomic mass is 9.67. The molecule has 29 heavy (non-hydrogen) atoms. The Morgan fingerprint density at radius 3 is 2.48 bits per heavy atom. The van der Waals surface area contributed by atoms with E-state index in [2.05, 4.69) is 32.1 Å². The second kappa shape index (κ2) is 11.5. The van der Waals surface area contributed by atoms with Gasteiger partial charge in [0.05, 0.1) is 17.9 Å². The number of fused-ring (bicyclic) bond motifs is 1. The molecule has 0 saturated carbocycles. The first-order chi connectivity index (χ1) is 13.5. The monoisotopic (exact) mass is 410 g/mol. The highest BCUT2D eigenvalue weighted by Crippen LogP contribution is 2.43. The summed E-state index contributed by atoms with van der Waals surface area (Å²) in [5, 5.41) is 24.9. The summed E-state index contributed by atoms with van der Waals surface area (Å²) >= 11 is 0. The molecule has 0 aliphatic heterocycles. The van der Waals surface area contributed by atoms with Crippen LogP contribution >= 0.6 is 0 Å². The van der Waals surface area contributed by atoms with Crippen molar-refractivity contribution in [1.29, 1.82) is 0 Å². The maximum absolute atomic E-state index is 12.2. The number of aliphatic carboxylic acids is 1. The number of hydrogen-bond donors (Lipinski definition) is 3. The van der Waals surface area contributed by atoms with Crippen molar-refractivity contribution in [3.8, 4) is 0 Å². The molecule has 0 bridgehead atoms. The van der Waals surface area contributed by atoms with Crippen molar-refractivity contribution < 1.29 is 29.6 Å². The van der Waals surface area contributed by atoms with E-state index in [0.717, 1.165) is 19.3 Å². The zero-order valence-corrected chi connectivity index (χ0v) is 18.4. The molecule has 2 aliphatic rings. The molecule has 2 aliphatic carbocycles. The topological polar surface area (TPSA) is 104 Å². The van der Waals surface area contributed by atoms with Gasteiger partial charge < -0.3 is 20.1 Å². The number of carboxylic acids is 1. The molecular weight excluding hydrogens is 372 g/mol. The number of ether oxygens (including phenoxy) is 1. The average molecular weight is 411 g/mol. The highest BCUT2D eigenvalue weighted by molar-refractivity contribution is 5.75. The molecule has 166 valence electrons. The van der Waals surface area contributed by atoms with Crippen molar-refractivity contribution in [2.45, 2.75) is 78.9 Å². The third-order valence-corrected chi connectivity index (χ3v) is 5.56. The van der Waals surface area contributed by atoms with Crippen LogP contribution < -0.4 is 0 Å². The first-order valence-electron chi connectivity index (χ1n) is 10.6. The summed E-state index contributed by atoms with van der Waals surface area (Å²) in [6.45, 7) is 10.1. The Kier molecular flexibility index (Phi) is 10.1. The van der Waals surface area contributed by atoms with Gasteiger partial charge in [-0.25, -0.2) is 0 Å². The van der Waals surface area contributed by atoms with Crippen LogP contribution in [0.2, 0.25) is 0 Å². The zero-order chi connectivity index (χ0) is 22.2. The number of aliphatic hydroxyl groups excluding tert-OH is 2. The number of carbonyl (C=O) groups excluding carboxylic acids is 1. The van der Waals surface area contributed by atoms with Crippen molar-refractivity contribution in [1.82, 2.24) is 0 Å². The molecule has 3 N–H and O–H groups in total. The number of allylic oxidation sites excluding steroid dienone is 3. The molecule has 5 atom stereocenters. The van der Waals surface area contributed by atoms with Crippen molar-refractivity contribution in [2.24, 2.45) is 23.2 Å². The molecule has 2 rings (SSSR count). The van der Waals surface area contributed by atoms with Gasteiger partial charge in [0.25, 0.3) is 0 Å². The Labute approximate surface area is 174 Å². The van der Waals surface area contributed by atoms with Crippen molar-refractivity contribution in [3.05, 3.63) is 23.8 Å². The zero-order valence-electron chi connectivity index (χ0n) is 18.4. The minimum absolute atomic E-state index is 0.0547. The predicted molar refractivity (Wildman–Crippen MR) is 112 cm³/mol. The van der Waals surface area contributed by atoms with Gasteiger partial charge in [0.15, 0.2) is 0 Å². The van der Waals surface area contributed by atoms with Gasteiger partial charge in [0.1, 0.15) is 6.10 Å². The van der Waals surface area contributed by atoms with Crippen LogP contribution in [0, 0.1) is 23.2 Å². The highest BCUT2D eigenvalue weighted by Gasteiger charge is 2.40. The Hall–Kier alpha value is -1.66. The molecule has 6 nitrogen and oxygen atoms in total. The Morgan fingerprint density at radius 1 is 1.31 bits per heavy atom. The fourth-order valence-corrected chi connectivity index (χ4v) is 3.90. The van der Waals surface area contributed by atoms with Crippen molar-refractivity contribution >= 4 is 11.9 Å². The molecule has 0 saturated heterocycles. The summed E-state index contributed by atoms with van der Waals surface area (Å²) in [6.07, 6.45) is 8.99. The third kappa shape index (κ3) is 7.94. The van der Waals surface area contributed by atoms with E-state index in [1.54, 1.807) is 0 Å². The van der Waals surface area contributed by atoms with E-state index in [-0.39, 0.29) is 31.5 Å². The number of aliphatic hydroxyl groups is 2. The number of carbonyl (C=O) groups is 2. The second-order valence-corrected chi connectivity index (χ2v) is 9.06. The summed E-state index contributed by atoms with van der Waals surface area (Å²) < 4.78 is 5.89. The minimum atomic E-state index is -1.05. The van der Waals surface area contributed by atoms with E-state index in [4.69, 9.17) is 20.1 Å². The molecule has 0 aromatic carbocycles. The molecule has 0 heterocycles. The Morgan fingerprint density at radius 2 is 1.97 bits per heavy atom. The van der Waals surface area contributed by atoms with E-state index in [1.807, 2.05) is 20.8 Å². The van der Waals surface area contributed by atoms with E-state index >= 15 is 0 Å². The molecular formula is C23H38O6. The fourth-order valence-electron chi connectivity index (χ4n) is 3.90. The van der Waals surface area contributed by atoms with Crippen LogP contribution in [-0.2, 0) is 14.3 Å². The second-order valence-electron chi connectivity index (χ2n) is 9.06. The maximum Gasteiger partial charge on any atom is 0.311 e. The predicted octanol–water partition coefficient (Wildman–Crippen LogP) is 3.72. The smallest absolute Gasteiger partial charge is 0.311 e. The largest absolute Gasteiger partial charge is 0.481 e. The molecule has 0 fully saturated rings.